The molecule has 0 aromatic heterocycles. The van der Waals surface area contributed by atoms with Gasteiger partial charge >= 0.3 is 13.9 Å². The SMILES string of the molecule is CN(C)B1Oc2ccccc2OB1N(C)C. The van der Waals surface area contributed by atoms with Gasteiger partial charge in [0.2, 0.25) is 0 Å². The van der Waals surface area contributed by atoms with E-state index in [9.17, 15) is 0 Å². The summed E-state index contributed by atoms with van der Waals surface area (Å²) in [5, 5.41) is 0. The fourth-order valence-corrected chi connectivity index (χ4v) is 1.74. The highest BCUT2D eigenvalue weighted by atomic mass is 16.5. The van der Waals surface area contributed by atoms with Crippen LogP contribution in [0.2, 0.25) is 0 Å². The van der Waals surface area contributed by atoms with Gasteiger partial charge in [-0.05, 0) is 40.3 Å². The lowest BCUT2D eigenvalue weighted by Gasteiger charge is -2.34. The van der Waals surface area contributed by atoms with Gasteiger partial charge in [-0.3, -0.25) is 0 Å². The minimum absolute atomic E-state index is 0.0927. The van der Waals surface area contributed by atoms with Crippen LogP contribution in [-0.4, -0.2) is 51.7 Å². The third-order valence-corrected chi connectivity index (χ3v) is 2.61. The van der Waals surface area contributed by atoms with Gasteiger partial charge in [-0.15, -0.1) is 0 Å². The molecule has 0 aliphatic carbocycles. The van der Waals surface area contributed by atoms with Gasteiger partial charge in [0.1, 0.15) is 11.5 Å². The van der Waals surface area contributed by atoms with Crippen molar-refractivity contribution in [3.63, 3.8) is 0 Å². The molecule has 16 heavy (non-hydrogen) atoms. The monoisotopic (exact) mass is 218 g/mol. The van der Waals surface area contributed by atoms with E-state index in [0.717, 1.165) is 11.5 Å². The summed E-state index contributed by atoms with van der Waals surface area (Å²) in [5.74, 6) is 1.61. The number of rotatable bonds is 2. The van der Waals surface area contributed by atoms with Crippen LogP contribution in [0.5, 0.6) is 11.5 Å². The van der Waals surface area contributed by atoms with E-state index in [0.29, 0.717) is 0 Å². The first-order chi connectivity index (χ1) is 7.59. The molecule has 84 valence electrons. The molecule has 0 saturated carbocycles. The molecule has 0 amide bonds. The molecule has 1 aromatic rings. The summed E-state index contributed by atoms with van der Waals surface area (Å²) in [4.78, 5) is 4.03. The van der Waals surface area contributed by atoms with Crippen LogP contribution >= 0.6 is 0 Å². The zero-order valence-corrected chi connectivity index (χ0v) is 10.2. The fourth-order valence-electron chi connectivity index (χ4n) is 1.74. The van der Waals surface area contributed by atoms with Crippen LogP contribution in [-0.2, 0) is 0 Å². The standard InChI is InChI=1S/C10H16B2N2O2/c1-13(2)11-12(14(3)4)16-10-8-6-5-7-9(10)15-11/h5-8H,1-4H3. The van der Waals surface area contributed by atoms with Crippen molar-refractivity contribution < 1.29 is 9.31 Å². The first-order valence-corrected chi connectivity index (χ1v) is 5.35. The quantitative estimate of drug-likeness (QED) is 0.679. The van der Waals surface area contributed by atoms with Crippen molar-refractivity contribution in [1.82, 2.24) is 9.62 Å². The summed E-state index contributed by atoms with van der Waals surface area (Å²) in [6.45, 7) is -0.185. The topological polar surface area (TPSA) is 24.9 Å². The van der Waals surface area contributed by atoms with Crippen molar-refractivity contribution in [2.75, 3.05) is 28.2 Å². The number of benzene rings is 1. The molecule has 0 unspecified atom stereocenters. The van der Waals surface area contributed by atoms with Gasteiger partial charge in [-0.25, -0.2) is 0 Å². The number of hydrogen-bond acceptors (Lipinski definition) is 4. The van der Waals surface area contributed by atoms with Gasteiger partial charge in [0, 0.05) is 0 Å². The lowest BCUT2D eigenvalue weighted by molar-refractivity contribution is 0.393. The Bertz CT molecular complexity index is 339. The number of para-hydroxylation sites is 2. The highest BCUT2D eigenvalue weighted by molar-refractivity contribution is 7.14. The van der Waals surface area contributed by atoms with E-state index >= 15 is 0 Å². The maximum Gasteiger partial charge on any atom is 0.480 e. The molecule has 0 atom stereocenters. The van der Waals surface area contributed by atoms with Crippen LogP contribution in [0, 0.1) is 0 Å². The molecule has 0 fully saturated rings. The molecule has 1 aliphatic heterocycles. The largest absolute Gasteiger partial charge is 0.545 e. The molecule has 0 N–H and O–H groups in total. The first-order valence-electron chi connectivity index (χ1n) is 5.35. The van der Waals surface area contributed by atoms with E-state index in [1.54, 1.807) is 0 Å². The maximum atomic E-state index is 5.93. The number of nitrogens with zero attached hydrogens (tertiary/aromatic N) is 2. The second kappa shape index (κ2) is 4.39. The van der Waals surface area contributed by atoms with Crippen molar-refractivity contribution in [2.45, 2.75) is 0 Å². The van der Waals surface area contributed by atoms with Gasteiger partial charge < -0.3 is 18.9 Å². The molecule has 0 radical (unpaired) electrons. The van der Waals surface area contributed by atoms with Gasteiger partial charge in [-0.1, -0.05) is 12.1 Å². The Hall–Kier alpha value is -1.13. The van der Waals surface area contributed by atoms with Crippen molar-refractivity contribution >= 4 is 13.9 Å². The second-order valence-corrected chi connectivity index (χ2v) is 4.39. The average molecular weight is 218 g/mol. The van der Waals surface area contributed by atoms with Gasteiger partial charge in [-0.2, -0.15) is 0 Å². The Morgan fingerprint density at radius 1 is 0.812 bits per heavy atom. The van der Waals surface area contributed by atoms with Crippen LogP contribution in [0.25, 0.3) is 0 Å². The molecule has 0 bridgehead atoms. The third-order valence-electron chi connectivity index (χ3n) is 2.61. The fraction of sp³-hybridized carbons (Fsp3) is 0.400. The smallest absolute Gasteiger partial charge is 0.480 e. The molecule has 1 heterocycles. The maximum absolute atomic E-state index is 5.93. The van der Waals surface area contributed by atoms with Crippen molar-refractivity contribution in [2.24, 2.45) is 0 Å². The molecule has 6 heteroatoms. The number of hydrogen-bond donors (Lipinski definition) is 0. The minimum Gasteiger partial charge on any atom is -0.545 e. The minimum atomic E-state index is -0.0927. The molecule has 1 aromatic carbocycles. The van der Waals surface area contributed by atoms with E-state index in [1.165, 1.54) is 0 Å². The van der Waals surface area contributed by atoms with Crippen LogP contribution in [0.3, 0.4) is 0 Å². The predicted molar refractivity (Wildman–Crippen MR) is 66.6 cm³/mol. The summed E-state index contributed by atoms with van der Waals surface area (Å²) in [6.07, 6.45) is 0. The van der Waals surface area contributed by atoms with Crippen LogP contribution in [0.15, 0.2) is 24.3 Å². The zero-order chi connectivity index (χ0) is 11.7. The Kier molecular flexibility index (Phi) is 3.12. The van der Waals surface area contributed by atoms with Crippen LogP contribution in [0.1, 0.15) is 0 Å². The van der Waals surface area contributed by atoms with Gasteiger partial charge in [0.15, 0.2) is 0 Å². The highest BCUT2D eigenvalue weighted by Gasteiger charge is 2.46. The lowest BCUT2D eigenvalue weighted by Crippen LogP contribution is -2.63. The van der Waals surface area contributed by atoms with Crippen molar-refractivity contribution in [3.8, 4) is 11.5 Å². The summed E-state index contributed by atoms with van der Waals surface area (Å²) in [5.41, 5.74) is 0. The van der Waals surface area contributed by atoms with Crippen molar-refractivity contribution in [3.05, 3.63) is 24.3 Å². The summed E-state index contributed by atoms with van der Waals surface area (Å²) in [7, 11) is 7.94. The summed E-state index contributed by atoms with van der Waals surface area (Å²) >= 11 is 0. The van der Waals surface area contributed by atoms with E-state index < -0.39 is 0 Å². The predicted octanol–water partition coefficient (Wildman–Crippen LogP) is 0.636. The Balaban J connectivity index is 2.29. The summed E-state index contributed by atoms with van der Waals surface area (Å²) < 4.78 is 11.9. The van der Waals surface area contributed by atoms with Crippen molar-refractivity contribution in [1.29, 1.82) is 0 Å². The first kappa shape index (κ1) is 11.4. The second-order valence-electron chi connectivity index (χ2n) is 4.39. The highest BCUT2D eigenvalue weighted by Crippen LogP contribution is 2.31. The normalized spacial score (nSPS) is 14.9. The van der Waals surface area contributed by atoms with Gasteiger partial charge in [0.05, 0.1) is 0 Å². The van der Waals surface area contributed by atoms with E-state index in [4.69, 9.17) is 9.31 Å². The molecular formula is C10H16B2N2O2. The molecule has 4 nitrogen and oxygen atoms in total. The molecule has 0 spiro atoms. The van der Waals surface area contributed by atoms with E-state index in [2.05, 4.69) is 0 Å². The third kappa shape index (κ3) is 2.03. The molecular weight excluding hydrogens is 202 g/mol. The average Bonchev–Trinajstić information content (AvgIpc) is 2.27. The van der Waals surface area contributed by atoms with E-state index in [1.807, 2.05) is 62.1 Å². The number of fused-ring (bicyclic) bond motifs is 1. The van der Waals surface area contributed by atoms with Crippen LogP contribution in [0.4, 0.5) is 0 Å². The lowest BCUT2D eigenvalue weighted by atomic mass is 9.39. The van der Waals surface area contributed by atoms with E-state index in [-0.39, 0.29) is 13.9 Å². The van der Waals surface area contributed by atoms with Crippen LogP contribution < -0.4 is 9.31 Å². The zero-order valence-electron chi connectivity index (χ0n) is 10.2. The molecule has 2 rings (SSSR count). The summed E-state index contributed by atoms with van der Waals surface area (Å²) in [6, 6.07) is 7.76. The Morgan fingerprint density at radius 3 is 1.50 bits per heavy atom. The Labute approximate surface area is 97.4 Å². The van der Waals surface area contributed by atoms with Gasteiger partial charge in [0.25, 0.3) is 0 Å². The molecule has 0 saturated heterocycles. The Morgan fingerprint density at radius 2 is 1.19 bits per heavy atom. The molecule has 1 aliphatic rings.